The van der Waals surface area contributed by atoms with Gasteiger partial charge in [-0.25, -0.2) is 13.6 Å². The van der Waals surface area contributed by atoms with Gasteiger partial charge >= 0.3 is 0 Å². The molecule has 0 aliphatic carbocycles. The third kappa shape index (κ3) is 3.29. The van der Waals surface area contributed by atoms with Crippen LogP contribution < -0.4 is 15.8 Å². The van der Waals surface area contributed by atoms with Crippen molar-refractivity contribution in [1.29, 1.82) is 0 Å². The zero-order chi connectivity index (χ0) is 14.8. The summed E-state index contributed by atoms with van der Waals surface area (Å²) in [5.41, 5.74) is 6.79. The fourth-order valence-corrected chi connectivity index (χ4v) is 3.13. The van der Waals surface area contributed by atoms with E-state index in [2.05, 4.69) is 4.90 Å². The van der Waals surface area contributed by atoms with Crippen LogP contribution in [-0.4, -0.2) is 40.8 Å². The number of primary sulfonamides is 1. The first-order valence-electron chi connectivity index (χ1n) is 6.58. The quantitative estimate of drug-likeness (QED) is 0.832. The summed E-state index contributed by atoms with van der Waals surface area (Å²) in [4.78, 5) is 2.32. The van der Waals surface area contributed by atoms with Gasteiger partial charge < -0.3 is 15.4 Å². The number of rotatable bonds is 4. The smallest absolute Gasteiger partial charge is 0.238 e. The average molecular weight is 299 g/mol. The second kappa shape index (κ2) is 6.09. The van der Waals surface area contributed by atoms with Gasteiger partial charge in [-0.1, -0.05) is 0 Å². The largest absolute Gasteiger partial charge is 0.381 e. The Morgan fingerprint density at radius 1 is 1.35 bits per heavy atom. The highest BCUT2D eigenvalue weighted by molar-refractivity contribution is 7.89. The van der Waals surface area contributed by atoms with Gasteiger partial charge in [-0.15, -0.1) is 0 Å². The van der Waals surface area contributed by atoms with Gasteiger partial charge in [0.2, 0.25) is 10.0 Å². The Bertz CT molecular complexity index is 544. The zero-order valence-corrected chi connectivity index (χ0v) is 12.3. The fourth-order valence-electron chi connectivity index (χ4n) is 2.62. The first-order chi connectivity index (χ1) is 9.45. The molecular formula is C13H21N3O3S. The standard InChI is InChI=1S/C13H21N3O3S/c1-19-12-6-7-16(11(8-12)9-14)10-2-4-13(5-3-10)20(15,17)18/h2-5,11-12H,6-9,14H2,1H3,(H2,15,17,18). The van der Waals surface area contributed by atoms with E-state index in [0.717, 1.165) is 25.1 Å². The summed E-state index contributed by atoms with van der Waals surface area (Å²) in [6.45, 7) is 1.38. The van der Waals surface area contributed by atoms with Crippen LogP contribution in [0.25, 0.3) is 0 Å². The van der Waals surface area contributed by atoms with Crippen molar-refractivity contribution in [3.05, 3.63) is 24.3 Å². The second-order valence-electron chi connectivity index (χ2n) is 5.00. The summed E-state index contributed by atoms with van der Waals surface area (Å²) in [7, 11) is -1.93. The molecule has 0 bridgehead atoms. The van der Waals surface area contributed by atoms with Crippen LogP contribution in [0.5, 0.6) is 0 Å². The summed E-state index contributed by atoms with van der Waals surface area (Å²) in [6, 6.07) is 6.81. The molecule has 1 aromatic rings. The molecule has 6 nitrogen and oxygen atoms in total. The molecular weight excluding hydrogens is 278 g/mol. The highest BCUT2D eigenvalue weighted by Gasteiger charge is 2.27. The minimum absolute atomic E-state index is 0.123. The molecule has 4 N–H and O–H groups in total. The molecule has 1 heterocycles. The lowest BCUT2D eigenvalue weighted by Crippen LogP contribution is -2.48. The molecule has 0 spiro atoms. The summed E-state index contributed by atoms with van der Waals surface area (Å²) in [5, 5.41) is 5.10. The summed E-state index contributed by atoms with van der Waals surface area (Å²) in [5.74, 6) is 0. The molecule has 1 aliphatic rings. The van der Waals surface area contributed by atoms with Crippen LogP contribution in [-0.2, 0) is 14.8 Å². The van der Waals surface area contributed by atoms with Crippen LogP contribution in [0.3, 0.4) is 0 Å². The molecule has 0 aromatic heterocycles. The van der Waals surface area contributed by atoms with E-state index in [1.54, 1.807) is 19.2 Å². The van der Waals surface area contributed by atoms with Crippen molar-refractivity contribution in [2.45, 2.75) is 29.9 Å². The molecule has 1 aromatic carbocycles. The van der Waals surface area contributed by atoms with Crippen LogP contribution in [0.15, 0.2) is 29.2 Å². The van der Waals surface area contributed by atoms with Crippen molar-refractivity contribution in [2.24, 2.45) is 10.9 Å². The molecule has 112 valence electrons. The number of nitrogens with two attached hydrogens (primary N) is 2. The summed E-state index contributed by atoms with van der Waals surface area (Å²) >= 11 is 0. The van der Waals surface area contributed by atoms with Gasteiger partial charge in [0.15, 0.2) is 0 Å². The molecule has 20 heavy (non-hydrogen) atoms. The van der Waals surface area contributed by atoms with Crippen LogP contribution in [0.1, 0.15) is 12.8 Å². The Kier molecular flexibility index (Phi) is 4.64. The Balaban J connectivity index is 2.18. The maximum Gasteiger partial charge on any atom is 0.238 e. The van der Waals surface area contributed by atoms with Crippen LogP contribution in [0, 0.1) is 0 Å². The summed E-state index contributed by atoms with van der Waals surface area (Å²) < 4.78 is 27.9. The number of hydrogen-bond donors (Lipinski definition) is 2. The molecule has 2 atom stereocenters. The molecule has 1 aliphatic heterocycles. The van der Waals surface area contributed by atoms with Crippen molar-refractivity contribution in [1.82, 2.24) is 0 Å². The molecule has 0 radical (unpaired) electrons. The second-order valence-corrected chi connectivity index (χ2v) is 6.57. The minimum Gasteiger partial charge on any atom is -0.381 e. The predicted octanol–water partition coefficient (Wildman–Crippen LogP) is 0.277. The predicted molar refractivity (Wildman–Crippen MR) is 78.0 cm³/mol. The lowest BCUT2D eigenvalue weighted by Gasteiger charge is -2.40. The topological polar surface area (TPSA) is 98.6 Å². The Hall–Kier alpha value is -1.15. The number of sulfonamides is 1. The number of hydrogen-bond acceptors (Lipinski definition) is 5. The van der Waals surface area contributed by atoms with E-state index >= 15 is 0 Å². The number of nitrogens with zero attached hydrogens (tertiary/aromatic N) is 1. The number of benzene rings is 1. The number of ether oxygens (including phenoxy) is 1. The molecule has 2 unspecified atom stereocenters. The number of anilines is 1. The van der Waals surface area contributed by atoms with Crippen molar-refractivity contribution < 1.29 is 13.2 Å². The highest BCUT2D eigenvalue weighted by atomic mass is 32.2. The Morgan fingerprint density at radius 2 is 2.00 bits per heavy atom. The van der Waals surface area contributed by atoms with Crippen molar-refractivity contribution in [2.75, 3.05) is 25.1 Å². The molecule has 0 amide bonds. The third-order valence-electron chi connectivity index (χ3n) is 3.77. The van der Waals surface area contributed by atoms with Crippen molar-refractivity contribution in [3.8, 4) is 0 Å². The third-order valence-corrected chi connectivity index (χ3v) is 4.70. The van der Waals surface area contributed by atoms with E-state index in [-0.39, 0.29) is 17.0 Å². The Morgan fingerprint density at radius 3 is 2.50 bits per heavy atom. The van der Waals surface area contributed by atoms with Gasteiger partial charge in [-0.05, 0) is 37.1 Å². The number of methoxy groups -OCH3 is 1. The monoisotopic (exact) mass is 299 g/mol. The maximum atomic E-state index is 11.3. The number of piperidine rings is 1. The molecule has 1 saturated heterocycles. The first kappa shape index (κ1) is 15.2. The SMILES string of the molecule is COC1CCN(c2ccc(S(N)(=O)=O)cc2)C(CN)C1. The highest BCUT2D eigenvalue weighted by Crippen LogP contribution is 2.26. The van der Waals surface area contributed by atoms with Gasteiger partial charge in [0.1, 0.15) is 0 Å². The van der Waals surface area contributed by atoms with Crippen LogP contribution in [0.4, 0.5) is 5.69 Å². The van der Waals surface area contributed by atoms with Crippen LogP contribution >= 0.6 is 0 Å². The molecule has 0 saturated carbocycles. The van der Waals surface area contributed by atoms with E-state index in [9.17, 15) is 8.42 Å². The van der Waals surface area contributed by atoms with Gasteiger partial charge in [-0.3, -0.25) is 0 Å². The van der Waals surface area contributed by atoms with Gasteiger partial charge in [-0.2, -0.15) is 0 Å². The average Bonchev–Trinajstić information content (AvgIpc) is 2.45. The first-order valence-corrected chi connectivity index (χ1v) is 8.12. The summed E-state index contributed by atoms with van der Waals surface area (Å²) in [6.07, 6.45) is 2.05. The van der Waals surface area contributed by atoms with E-state index in [1.807, 2.05) is 0 Å². The normalized spacial score (nSPS) is 23.9. The van der Waals surface area contributed by atoms with Gasteiger partial charge in [0.05, 0.1) is 11.0 Å². The lowest BCUT2D eigenvalue weighted by atomic mass is 9.98. The lowest BCUT2D eigenvalue weighted by molar-refractivity contribution is 0.0709. The van der Waals surface area contributed by atoms with Gasteiger partial charge in [0.25, 0.3) is 0 Å². The van der Waals surface area contributed by atoms with Gasteiger partial charge in [0, 0.05) is 31.9 Å². The maximum absolute atomic E-state index is 11.3. The van der Waals surface area contributed by atoms with E-state index in [4.69, 9.17) is 15.6 Å². The zero-order valence-electron chi connectivity index (χ0n) is 11.5. The van der Waals surface area contributed by atoms with E-state index in [0.29, 0.717) is 6.54 Å². The Labute approximate surface area is 119 Å². The van der Waals surface area contributed by atoms with E-state index in [1.165, 1.54) is 12.1 Å². The minimum atomic E-state index is -3.65. The van der Waals surface area contributed by atoms with Crippen molar-refractivity contribution in [3.63, 3.8) is 0 Å². The van der Waals surface area contributed by atoms with Crippen LogP contribution in [0.2, 0.25) is 0 Å². The molecule has 1 fully saturated rings. The van der Waals surface area contributed by atoms with E-state index < -0.39 is 10.0 Å². The fraction of sp³-hybridized carbons (Fsp3) is 0.538. The molecule has 2 rings (SSSR count). The van der Waals surface area contributed by atoms with Crippen molar-refractivity contribution >= 4 is 15.7 Å². The molecule has 7 heteroatoms.